The predicted octanol–water partition coefficient (Wildman–Crippen LogP) is 2.17. The molecule has 2 atom stereocenters. The molecular formula is C17H16F4N6. The summed E-state index contributed by atoms with van der Waals surface area (Å²) >= 11 is 0. The van der Waals surface area contributed by atoms with Gasteiger partial charge in [-0.05, 0) is 6.42 Å². The second kappa shape index (κ2) is 6.76. The molecule has 10 heteroatoms. The van der Waals surface area contributed by atoms with Crippen LogP contribution in [-0.4, -0.2) is 44.8 Å². The highest BCUT2D eigenvalue weighted by Gasteiger charge is 2.29. The monoisotopic (exact) mass is 380 g/mol. The number of piperidine rings is 1. The van der Waals surface area contributed by atoms with Gasteiger partial charge in [-0.2, -0.15) is 0 Å². The van der Waals surface area contributed by atoms with Crippen LogP contribution in [0.4, 0.5) is 23.5 Å². The molecular weight excluding hydrogens is 364 g/mol. The maximum atomic E-state index is 13.8. The topological polar surface area (TPSA) is 72.9 Å². The van der Waals surface area contributed by atoms with E-state index < -0.39 is 29.7 Å². The number of nitrogens with two attached hydrogens (primary N) is 1. The number of alkyl halides is 1. The smallest absolute Gasteiger partial charge is 0.207 e. The third-order valence-corrected chi connectivity index (χ3v) is 4.60. The fraction of sp³-hybridized carbons (Fsp3) is 0.353. The first-order valence-electron chi connectivity index (χ1n) is 8.38. The van der Waals surface area contributed by atoms with Crippen LogP contribution >= 0.6 is 0 Å². The van der Waals surface area contributed by atoms with Crippen LogP contribution in [0.5, 0.6) is 0 Å². The highest BCUT2D eigenvalue weighted by atomic mass is 19.2. The molecule has 1 saturated heterocycles. The van der Waals surface area contributed by atoms with Crippen molar-refractivity contribution in [1.29, 1.82) is 0 Å². The van der Waals surface area contributed by atoms with Crippen LogP contribution in [0.3, 0.4) is 0 Å². The largest absolute Gasteiger partial charge is 0.340 e. The Bertz CT molecular complexity index is 974. The Morgan fingerprint density at radius 2 is 1.81 bits per heavy atom. The number of halogens is 4. The first kappa shape index (κ1) is 17.7. The van der Waals surface area contributed by atoms with Crippen molar-refractivity contribution in [2.75, 3.05) is 18.0 Å². The summed E-state index contributed by atoms with van der Waals surface area (Å²) in [4.78, 5) is 14.0. The van der Waals surface area contributed by atoms with E-state index in [0.717, 1.165) is 24.5 Å². The van der Waals surface area contributed by atoms with Gasteiger partial charge in [-0.3, -0.25) is 0 Å². The molecule has 2 N–H and O–H groups in total. The number of fused-ring (bicyclic) bond motifs is 1. The number of rotatable bonds is 3. The maximum absolute atomic E-state index is 13.8. The van der Waals surface area contributed by atoms with Gasteiger partial charge in [-0.25, -0.2) is 32.5 Å². The zero-order valence-corrected chi connectivity index (χ0v) is 14.1. The Labute approximate surface area is 151 Å². The maximum Gasteiger partial charge on any atom is 0.207 e. The molecule has 0 aliphatic carbocycles. The van der Waals surface area contributed by atoms with E-state index in [0.29, 0.717) is 18.0 Å². The normalized spacial score (nSPS) is 20.4. The number of hydrogen-bond donors (Lipinski definition) is 1. The van der Waals surface area contributed by atoms with Gasteiger partial charge in [-0.1, -0.05) is 0 Å². The average Bonchev–Trinajstić information content (AvgIpc) is 2.97. The lowest BCUT2D eigenvalue weighted by Crippen LogP contribution is -2.50. The molecule has 1 aliphatic rings. The lowest BCUT2D eigenvalue weighted by atomic mass is 10.1. The summed E-state index contributed by atoms with van der Waals surface area (Å²) in [7, 11) is 0. The number of benzene rings is 1. The molecule has 2 unspecified atom stereocenters. The van der Waals surface area contributed by atoms with E-state index in [-0.39, 0.29) is 30.9 Å². The first-order valence-corrected chi connectivity index (χ1v) is 8.38. The summed E-state index contributed by atoms with van der Waals surface area (Å²) in [6.07, 6.45) is 1.15. The van der Waals surface area contributed by atoms with Gasteiger partial charge in [-0.15, -0.1) is 0 Å². The Morgan fingerprint density at radius 3 is 2.52 bits per heavy atom. The van der Waals surface area contributed by atoms with Crippen LogP contribution in [0.1, 0.15) is 12.2 Å². The van der Waals surface area contributed by atoms with Gasteiger partial charge in [0.25, 0.3) is 0 Å². The highest BCUT2D eigenvalue weighted by molar-refractivity contribution is 5.79. The van der Waals surface area contributed by atoms with Crippen molar-refractivity contribution in [2.45, 2.75) is 25.2 Å². The summed E-state index contributed by atoms with van der Waals surface area (Å²) in [6, 6.07) is 1.34. The molecule has 6 nitrogen and oxygen atoms in total. The molecule has 0 bridgehead atoms. The molecule has 3 heterocycles. The van der Waals surface area contributed by atoms with Gasteiger partial charge in [0.1, 0.15) is 12.0 Å². The van der Waals surface area contributed by atoms with E-state index in [2.05, 4.69) is 15.0 Å². The number of anilines is 1. The summed E-state index contributed by atoms with van der Waals surface area (Å²) < 4.78 is 55.8. The van der Waals surface area contributed by atoms with Gasteiger partial charge in [0.15, 0.2) is 17.5 Å². The second-order valence-corrected chi connectivity index (χ2v) is 6.49. The SMILES string of the molecule is NC1CN(c2nc3cc(F)c(F)cc3n2Cc2ncc(F)cn2)CCC1F. The van der Waals surface area contributed by atoms with Crippen molar-refractivity contribution in [3.63, 3.8) is 0 Å². The Balaban J connectivity index is 1.80. The van der Waals surface area contributed by atoms with E-state index in [4.69, 9.17) is 5.73 Å². The molecule has 0 saturated carbocycles. The lowest BCUT2D eigenvalue weighted by Gasteiger charge is -2.34. The van der Waals surface area contributed by atoms with E-state index in [1.165, 1.54) is 0 Å². The van der Waals surface area contributed by atoms with Gasteiger partial charge < -0.3 is 15.2 Å². The van der Waals surface area contributed by atoms with Crippen molar-refractivity contribution in [2.24, 2.45) is 5.73 Å². The van der Waals surface area contributed by atoms with Crippen molar-refractivity contribution in [3.8, 4) is 0 Å². The number of imidazole rings is 1. The molecule has 2 aromatic heterocycles. The third-order valence-electron chi connectivity index (χ3n) is 4.60. The minimum Gasteiger partial charge on any atom is -0.340 e. The van der Waals surface area contributed by atoms with E-state index in [9.17, 15) is 17.6 Å². The number of hydrogen-bond acceptors (Lipinski definition) is 5. The summed E-state index contributed by atoms with van der Waals surface area (Å²) in [6.45, 7) is 0.620. The fourth-order valence-electron chi connectivity index (χ4n) is 3.20. The second-order valence-electron chi connectivity index (χ2n) is 6.49. The molecule has 1 aliphatic heterocycles. The highest BCUT2D eigenvalue weighted by Crippen LogP contribution is 2.28. The van der Waals surface area contributed by atoms with Crippen molar-refractivity contribution >= 4 is 17.0 Å². The zero-order chi connectivity index (χ0) is 19.1. The molecule has 3 aromatic rings. The Kier molecular flexibility index (Phi) is 4.42. The van der Waals surface area contributed by atoms with E-state index in [1.54, 1.807) is 9.47 Å². The van der Waals surface area contributed by atoms with Crippen molar-refractivity contribution in [3.05, 3.63) is 47.8 Å². The summed E-state index contributed by atoms with van der Waals surface area (Å²) in [5.41, 5.74) is 6.39. The van der Waals surface area contributed by atoms with Crippen molar-refractivity contribution < 1.29 is 17.6 Å². The first-order chi connectivity index (χ1) is 12.9. The third kappa shape index (κ3) is 3.32. The quantitative estimate of drug-likeness (QED) is 0.705. The Hall–Kier alpha value is -2.75. The molecule has 0 spiro atoms. The van der Waals surface area contributed by atoms with Gasteiger partial charge >= 0.3 is 0 Å². The van der Waals surface area contributed by atoms with Crippen LogP contribution in [0.2, 0.25) is 0 Å². The van der Waals surface area contributed by atoms with Crippen LogP contribution in [0.15, 0.2) is 24.5 Å². The predicted molar refractivity (Wildman–Crippen MR) is 90.4 cm³/mol. The van der Waals surface area contributed by atoms with Crippen molar-refractivity contribution in [1.82, 2.24) is 19.5 Å². The van der Waals surface area contributed by atoms with Crippen LogP contribution in [-0.2, 0) is 6.54 Å². The molecule has 27 heavy (non-hydrogen) atoms. The lowest BCUT2D eigenvalue weighted by molar-refractivity contribution is 0.243. The van der Waals surface area contributed by atoms with Gasteiger partial charge in [0.2, 0.25) is 5.95 Å². The molecule has 0 radical (unpaired) electrons. The zero-order valence-electron chi connectivity index (χ0n) is 14.1. The Morgan fingerprint density at radius 1 is 1.11 bits per heavy atom. The molecule has 4 rings (SSSR count). The summed E-state index contributed by atoms with van der Waals surface area (Å²) in [5.74, 6) is -1.97. The molecule has 0 amide bonds. The molecule has 1 aromatic carbocycles. The number of aromatic nitrogens is 4. The van der Waals surface area contributed by atoms with E-state index in [1.807, 2.05) is 0 Å². The minimum atomic E-state index is -1.12. The number of nitrogens with zero attached hydrogens (tertiary/aromatic N) is 5. The summed E-state index contributed by atoms with van der Waals surface area (Å²) in [5, 5.41) is 0. The van der Waals surface area contributed by atoms with Crippen LogP contribution in [0.25, 0.3) is 11.0 Å². The molecule has 142 valence electrons. The average molecular weight is 380 g/mol. The van der Waals surface area contributed by atoms with Crippen LogP contribution < -0.4 is 10.6 Å². The standard InChI is InChI=1S/C17H16F4N6/c18-9-5-23-16(24-6-9)8-27-15-4-12(21)11(20)3-14(15)25-17(27)26-2-1-10(19)13(22)7-26/h3-6,10,13H,1-2,7-8,22H2. The fourth-order valence-corrected chi connectivity index (χ4v) is 3.20. The van der Waals surface area contributed by atoms with Gasteiger partial charge in [0.05, 0.1) is 36.0 Å². The minimum absolute atomic E-state index is 0.0575. The van der Waals surface area contributed by atoms with E-state index >= 15 is 0 Å². The van der Waals surface area contributed by atoms with Crippen LogP contribution in [0, 0.1) is 17.5 Å². The van der Waals surface area contributed by atoms with Gasteiger partial charge in [0, 0.05) is 25.2 Å². The molecule has 1 fully saturated rings.